The van der Waals surface area contributed by atoms with Crippen molar-refractivity contribution in [3.63, 3.8) is 0 Å². The molecule has 3 amide bonds. The summed E-state index contributed by atoms with van der Waals surface area (Å²) in [6.45, 7) is 6.69. The second kappa shape index (κ2) is 8.37. The van der Waals surface area contributed by atoms with Crippen LogP contribution in [0.5, 0.6) is 0 Å². The smallest absolute Gasteiger partial charge is 0.319 e. The van der Waals surface area contributed by atoms with E-state index < -0.39 is 0 Å². The van der Waals surface area contributed by atoms with E-state index in [-0.39, 0.29) is 18.0 Å². The lowest BCUT2D eigenvalue weighted by atomic mass is 9.74. The van der Waals surface area contributed by atoms with Crippen LogP contribution in [0.3, 0.4) is 0 Å². The molecule has 1 aliphatic rings. The number of amides is 3. The molecule has 0 saturated heterocycles. The number of hydrogen-bond acceptors (Lipinski definition) is 2. The van der Waals surface area contributed by atoms with E-state index in [0.29, 0.717) is 29.0 Å². The molecule has 0 aliphatic heterocycles. The zero-order valence-corrected chi connectivity index (χ0v) is 16.0. The number of urea groups is 1. The van der Waals surface area contributed by atoms with Gasteiger partial charge in [-0.25, -0.2) is 4.79 Å². The van der Waals surface area contributed by atoms with Crippen LogP contribution in [-0.4, -0.2) is 37.0 Å². The average Bonchev–Trinajstić information content (AvgIpc) is 2.54. The van der Waals surface area contributed by atoms with Gasteiger partial charge in [-0.2, -0.15) is 0 Å². The number of carbonyl (C=O) groups is 2. The second-order valence-corrected chi connectivity index (χ2v) is 7.78. The molecule has 138 valence electrons. The third-order valence-electron chi connectivity index (χ3n) is 5.15. The lowest BCUT2D eigenvalue weighted by Crippen LogP contribution is -2.47. The highest BCUT2D eigenvalue weighted by Gasteiger charge is 2.31. The molecule has 3 atom stereocenters. The van der Waals surface area contributed by atoms with E-state index in [9.17, 15) is 9.59 Å². The van der Waals surface area contributed by atoms with Gasteiger partial charge in [0.05, 0.1) is 11.3 Å². The Morgan fingerprint density at radius 2 is 1.84 bits per heavy atom. The number of hydrogen-bond donors (Lipinski definition) is 2. The van der Waals surface area contributed by atoms with Crippen molar-refractivity contribution in [1.82, 2.24) is 10.2 Å². The third-order valence-corrected chi connectivity index (χ3v) is 5.15. The van der Waals surface area contributed by atoms with Crippen LogP contribution in [0.15, 0.2) is 24.3 Å². The first-order chi connectivity index (χ1) is 11.8. The second-order valence-electron chi connectivity index (χ2n) is 7.78. The van der Waals surface area contributed by atoms with Crippen molar-refractivity contribution in [2.45, 2.75) is 46.1 Å². The van der Waals surface area contributed by atoms with Crippen molar-refractivity contribution >= 4 is 17.6 Å². The molecule has 0 aromatic heterocycles. The van der Waals surface area contributed by atoms with Crippen LogP contribution < -0.4 is 10.6 Å². The van der Waals surface area contributed by atoms with Gasteiger partial charge < -0.3 is 15.5 Å². The van der Waals surface area contributed by atoms with Gasteiger partial charge >= 0.3 is 6.03 Å². The van der Waals surface area contributed by atoms with Crippen molar-refractivity contribution in [1.29, 1.82) is 0 Å². The largest absolute Gasteiger partial charge is 0.345 e. The minimum absolute atomic E-state index is 0.123. The molecule has 5 nitrogen and oxygen atoms in total. The van der Waals surface area contributed by atoms with Gasteiger partial charge in [-0.05, 0) is 42.7 Å². The summed E-state index contributed by atoms with van der Waals surface area (Å²) in [4.78, 5) is 26.3. The number of carbonyl (C=O) groups excluding carboxylic acids is 2. The Morgan fingerprint density at radius 1 is 1.16 bits per heavy atom. The molecule has 25 heavy (non-hydrogen) atoms. The van der Waals surface area contributed by atoms with Crippen LogP contribution >= 0.6 is 0 Å². The van der Waals surface area contributed by atoms with Gasteiger partial charge in [0, 0.05) is 20.1 Å². The van der Waals surface area contributed by atoms with E-state index in [4.69, 9.17) is 0 Å². The molecule has 0 heterocycles. The number of anilines is 1. The van der Waals surface area contributed by atoms with E-state index in [1.807, 2.05) is 6.07 Å². The van der Waals surface area contributed by atoms with Gasteiger partial charge in [-0.3, -0.25) is 4.79 Å². The van der Waals surface area contributed by atoms with Crippen LogP contribution in [0.25, 0.3) is 0 Å². The first-order valence-electron chi connectivity index (χ1n) is 9.17. The minimum Gasteiger partial charge on any atom is -0.345 e. The molecule has 1 aromatic carbocycles. The van der Waals surface area contributed by atoms with E-state index in [1.54, 1.807) is 32.3 Å². The topological polar surface area (TPSA) is 61.4 Å². The fourth-order valence-electron chi connectivity index (χ4n) is 3.71. The van der Waals surface area contributed by atoms with Crippen molar-refractivity contribution < 1.29 is 9.59 Å². The molecular weight excluding hydrogens is 314 g/mol. The maximum absolute atomic E-state index is 12.6. The van der Waals surface area contributed by atoms with Crippen molar-refractivity contribution in [3.05, 3.63) is 29.8 Å². The maximum Gasteiger partial charge on any atom is 0.319 e. The Bertz CT molecular complexity index is 613. The first kappa shape index (κ1) is 19.3. The summed E-state index contributed by atoms with van der Waals surface area (Å²) in [6, 6.07) is 7.07. The van der Waals surface area contributed by atoms with E-state index >= 15 is 0 Å². The average molecular weight is 345 g/mol. The van der Waals surface area contributed by atoms with E-state index in [1.165, 1.54) is 11.3 Å². The molecule has 1 saturated carbocycles. The number of nitrogens with zero attached hydrogens (tertiary/aromatic N) is 1. The summed E-state index contributed by atoms with van der Waals surface area (Å²) in [5, 5.41) is 6.02. The van der Waals surface area contributed by atoms with Crippen LogP contribution in [0.2, 0.25) is 0 Å². The van der Waals surface area contributed by atoms with Crippen molar-refractivity contribution in [2.24, 2.45) is 17.8 Å². The molecule has 2 rings (SSSR count). The molecule has 1 fully saturated rings. The predicted molar refractivity (Wildman–Crippen MR) is 102 cm³/mol. The van der Waals surface area contributed by atoms with Gasteiger partial charge in [-0.1, -0.05) is 39.3 Å². The summed E-state index contributed by atoms with van der Waals surface area (Å²) in [5.74, 6) is 1.55. The fourth-order valence-corrected chi connectivity index (χ4v) is 3.71. The van der Waals surface area contributed by atoms with Crippen molar-refractivity contribution in [3.8, 4) is 0 Å². The van der Waals surface area contributed by atoms with Gasteiger partial charge in [0.1, 0.15) is 0 Å². The number of benzene rings is 1. The molecule has 1 aliphatic carbocycles. The highest BCUT2D eigenvalue weighted by molar-refractivity contribution is 6.03. The highest BCUT2D eigenvalue weighted by Crippen LogP contribution is 2.33. The fraction of sp³-hybridized carbons (Fsp3) is 0.600. The van der Waals surface area contributed by atoms with Crippen LogP contribution in [-0.2, 0) is 0 Å². The Kier molecular flexibility index (Phi) is 6.45. The van der Waals surface area contributed by atoms with Gasteiger partial charge in [0.25, 0.3) is 5.91 Å². The molecule has 1 aromatic rings. The van der Waals surface area contributed by atoms with Gasteiger partial charge in [0.15, 0.2) is 0 Å². The Hall–Kier alpha value is -2.04. The molecular formula is C20H31N3O2. The SMILES string of the molecule is CC1CCC(C(C)C)C(NC(=O)Nc2ccccc2C(=O)N(C)C)C1. The van der Waals surface area contributed by atoms with E-state index in [2.05, 4.69) is 31.4 Å². The summed E-state index contributed by atoms with van der Waals surface area (Å²) in [6.07, 6.45) is 3.39. The summed E-state index contributed by atoms with van der Waals surface area (Å²) >= 11 is 0. The molecule has 0 bridgehead atoms. The molecule has 5 heteroatoms. The zero-order valence-electron chi connectivity index (χ0n) is 16.0. The quantitative estimate of drug-likeness (QED) is 0.867. The molecule has 0 spiro atoms. The van der Waals surface area contributed by atoms with Crippen LogP contribution in [0, 0.1) is 17.8 Å². The standard InChI is InChI=1S/C20H31N3O2/c1-13(2)15-11-10-14(3)12-18(15)22-20(25)21-17-9-7-6-8-16(17)19(24)23(4)5/h6-9,13-15,18H,10-12H2,1-5H3,(H2,21,22,25). The number of para-hydroxylation sites is 1. The predicted octanol–water partition coefficient (Wildman–Crippen LogP) is 3.97. The van der Waals surface area contributed by atoms with Gasteiger partial charge in [0.2, 0.25) is 0 Å². The molecule has 3 unspecified atom stereocenters. The number of nitrogens with one attached hydrogen (secondary N) is 2. The Morgan fingerprint density at radius 3 is 2.48 bits per heavy atom. The first-order valence-corrected chi connectivity index (χ1v) is 9.17. The molecule has 0 radical (unpaired) electrons. The number of rotatable bonds is 4. The summed E-state index contributed by atoms with van der Waals surface area (Å²) in [7, 11) is 3.41. The highest BCUT2D eigenvalue weighted by atomic mass is 16.2. The Labute approximate surface area is 151 Å². The normalized spacial score (nSPS) is 23.2. The lowest BCUT2D eigenvalue weighted by Gasteiger charge is -2.37. The third kappa shape index (κ3) is 4.97. The molecule has 2 N–H and O–H groups in total. The Balaban J connectivity index is 2.08. The lowest BCUT2D eigenvalue weighted by molar-refractivity contribution is 0.0828. The summed E-state index contributed by atoms with van der Waals surface area (Å²) < 4.78 is 0. The monoisotopic (exact) mass is 345 g/mol. The maximum atomic E-state index is 12.6. The van der Waals surface area contributed by atoms with Crippen molar-refractivity contribution in [2.75, 3.05) is 19.4 Å². The zero-order chi connectivity index (χ0) is 18.6. The van der Waals surface area contributed by atoms with Crippen LogP contribution in [0.1, 0.15) is 50.4 Å². The summed E-state index contributed by atoms with van der Waals surface area (Å²) in [5.41, 5.74) is 1.05. The van der Waals surface area contributed by atoms with Gasteiger partial charge in [-0.15, -0.1) is 0 Å². The minimum atomic E-state index is -0.233. The van der Waals surface area contributed by atoms with E-state index in [0.717, 1.165) is 12.8 Å². The van der Waals surface area contributed by atoms with Crippen LogP contribution in [0.4, 0.5) is 10.5 Å².